The summed E-state index contributed by atoms with van der Waals surface area (Å²) in [6.07, 6.45) is -0.633. The molecule has 2 heterocycles. The molecule has 6 atom stereocenters. The Hall–Kier alpha value is -2.50. The molecule has 0 radical (unpaired) electrons. The Morgan fingerprint density at radius 3 is 2.51 bits per heavy atom. The molecule has 1 aromatic carbocycles. The van der Waals surface area contributed by atoms with E-state index in [0.717, 1.165) is 16.8 Å². The average Bonchev–Trinajstić information content (AvgIpc) is 2.98. The van der Waals surface area contributed by atoms with Gasteiger partial charge >= 0.3 is 19.4 Å². The Morgan fingerprint density at radius 2 is 1.92 bits per heavy atom. The monoisotopic (exact) mass is 561 g/mol. The Morgan fingerprint density at radius 1 is 1.27 bits per heavy atom. The van der Waals surface area contributed by atoms with Crippen LogP contribution >= 0.6 is 19.3 Å². The van der Waals surface area contributed by atoms with Crippen LogP contribution in [0.3, 0.4) is 0 Å². The number of H-pyrrole nitrogens is 1. The van der Waals surface area contributed by atoms with Crippen molar-refractivity contribution in [2.45, 2.75) is 63.7 Å². The predicted octanol–water partition coefficient (Wildman–Crippen LogP) is 3.50. The van der Waals surface area contributed by atoms with Crippen LogP contribution in [0.25, 0.3) is 0 Å². The molecule has 1 aliphatic heterocycles. The van der Waals surface area contributed by atoms with Crippen LogP contribution in [-0.2, 0) is 23.4 Å². The highest BCUT2D eigenvalue weighted by molar-refractivity contribution is 7.52. The minimum atomic E-state index is -4.40. The molecule has 0 aliphatic carbocycles. The van der Waals surface area contributed by atoms with E-state index in [4.69, 9.17) is 30.1 Å². The fraction of sp³-hybridized carbons (Fsp3) is 0.522. The first-order chi connectivity index (χ1) is 17.2. The van der Waals surface area contributed by atoms with Crippen LogP contribution in [0.4, 0.5) is 4.39 Å². The van der Waals surface area contributed by atoms with Gasteiger partial charge in [-0.1, -0.05) is 25.1 Å². The topological polar surface area (TPSA) is 138 Å². The highest BCUT2D eigenvalue weighted by Gasteiger charge is 2.61. The van der Waals surface area contributed by atoms with E-state index in [1.54, 1.807) is 32.0 Å². The van der Waals surface area contributed by atoms with Crippen LogP contribution in [0, 0.1) is 5.92 Å². The number of rotatable bonds is 10. The van der Waals surface area contributed by atoms with Gasteiger partial charge in [0.15, 0.2) is 6.23 Å². The number of nitrogens with zero attached hydrogens (tertiary/aromatic N) is 1. The number of halogens is 2. The number of ether oxygens (including phenoxy) is 2. The molecule has 0 amide bonds. The summed E-state index contributed by atoms with van der Waals surface area (Å²) in [5.74, 6) is -4.33. The summed E-state index contributed by atoms with van der Waals surface area (Å²) in [7, 11) is -4.40. The SMILES string of the molecule is CC(C)OC(=O)[C@H](C)NP(=O)(OC[C@@]1(F)O[C@@H](n2ccc(=O)[nH]c2=O)[C@](C)(Cl)[C@@H]1C)Oc1ccccc1. The highest BCUT2D eigenvalue weighted by Crippen LogP contribution is 2.55. The van der Waals surface area contributed by atoms with Crippen molar-refractivity contribution >= 4 is 25.3 Å². The number of benzene rings is 1. The third kappa shape index (κ3) is 6.69. The molecule has 14 heteroatoms. The quantitative estimate of drug-likeness (QED) is 0.253. The number of nitrogens with one attached hydrogen (secondary N) is 2. The van der Waals surface area contributed by atoms with Gasteiger partial charge in [-0.2, -0.15) is 5.09 Å². The van der Waals surface area contributed by atoms with Crippen LogP contribution in [0.5, 0.6) is 5.75 Å². The van der Waals surface area contributed by atoms with Crippen LogP contribution < -0.4 is 20.9 Å². The summed E-state index contributed by atoms with van der Waals surface area (Å²) < 4.78 is 52.5. The summed E-state index contributed by atoms with van der Waals surface area (Å²) in [5.41, 5.74) is -1.49. The molecule has 2 N–H and O–H groups in total. The zero-order chi connectivity index (χ0) is 27.6. The third-order valence-corrected chi connectivity index (χ3v) is 7.98. The molecule has 1 aromatic heterocycles. The standard InChI is InChI=1S/C23H30ClFN3O8P/c1-14(2)34-19(30)15(3)27-37(32,36-17-9-7-6-8-10-17)33-13-23(25)16(4)22(5,24)20(35-23)28-12-11-18(29)26-21(28)31/h6-12,14-16,20H,13H2,1-5H3,(H,27,32)(H,26,29,31)/t15-,16-,20+,22+,23+,37?/m0/s1. The predicted molar refractivity (Wildman–Crippen MR) is 133 cm³/mol. The lowest BCUT2D eigenvalue weighted by molar-refractivity contribution is -0.188. The first-order valence-corrected chi connectivity index (χ1v) is 13.4. The molecule has 204 valence electrons. The molecule has 0 bridgehead atoms. The van der Waals surface area contributed by atoms with Crippen LogP contribution in [-0.4, -0.2) is 45.0 Å². The number of hydrogen-bond donors (Lipinski definition) is 2. The molecular weight excluding hydrogens is 532 g/mol. The number of aromatic amines is 1. The second-order valence-electron chi connectivity index (χ2n) is 9.16. The zero-order valence-electron chi connectivity index (χ0n) is 21.0. The van der Waals surface area contributed by atoms with Crippen molar-refractivity contribution < 1.29 is 32.3 Å². The van der Waals surface area contributed by atoms with E-state index in [2.05, 4.69) is 10.1 Å². The van der Waals surface area contributed by atoms with Gasteiger partial charge in [-0.25, -0.2) is 13.8 Å². The molecule has 0 spiro atoms. The number of aromatic nitrogens is 2. The Bertz CT molecular complexity index is 1270. The van der Waals surface area contributed by atoms with E-state index in [1.165, 1.54) is 32.9 Å². The molecule has 1 unspecified atom stereocenters. The molecule has 11 nitrogen and oxygen atoms in total. The van der Waals surface area contributed by atoms with Gasteiger partial charge in [-0.15, -0.1) is 11.6 Å². The first kappa shape index (κ1) is 29.1. The summed E-state index contributed by atoms with van der Waals surface area (Å²) in [6, 6.07) is 7.90. The number of hydrogen-bond acceptors (Lipinski definition) is 8. The maximum Gasteiger partial charge on any atom is 0.459 e. The van der Waals surface area contributed by atoms with Gasteiger partial charge < -0.3 is 14.0 Å². The second-order valence-corrected chi connectivity index (χ2v) is 11.7. The molecule has 37 heavy (non-hydrogen) atoms. The van der Waals surface area contributed by atoms with Gasteiger partial charge in [0.2, 0.25) is 5.85 Å². The van der Waals surface area contributed by atoms with Gasteiger partial charge in [0.25, 0.3) is 5.56 Å². The summed E-state index contributed by atoms with van der Waals surface area (Å²) in [5, 5.41) is 2.47. The highest BCUT2D eigenvalue weighted by atomic mass is 35.5. The van der Waals surface area contributed by atoms with Gasteiger partial charge in [-0.05, 0) is 39.8 Å². The van der Waals surface area contributed by atoms with Gasteiger partial charge in [0.05, 0.1) is 11.0 Å². The zero-order valence-corrected chi connectivity index (χ0v) is 22.6. The molecular formula is C23H30ClFN3O8P. The maximum atomic E-state index is 16.2. The van der Waals surface area contributed by atoms with E-state index in [0.29, 0.717) is 0 Å². The maximum absolute atomic E-state index is 16.2. The number of carbonyl (C=O) groups is 1. The third-order valence-electron chi connectivity index (χ3n) is 5.84. The van der Waals surface area contributed by atoms with Crippen molar-refractivity contribution in [3.63, 3.8) is 0 Å². The van der Waals surface area contributed by atoms with E-state index in [9.17, 15) is 18.9 Å². The lowest BCUT2D eigenvalue weighted by atomic mass is 9.90. The van der Waals surface area contributed by atoms with Crippen molar-refractivity contribution in [2.24, 2.45) is 5.92 Å². The molecule has 0 saturated carbocycles. The van der Waals surface area contributed by atoms with E-state index in [-0.39, 0.29) is 5.75 Å². The summed E-state index contributed by atoms with van der Waals surface area (Å²) in [4.78, 5) is 36.7. The van der Waals surface area contributed by atoms with Gasteiger partial charge in [-0.3, -0.25) is 23.7 Å². The summed E-state index contributed by atoms with van der Waals surface area (Å²) >= 11 is 6.62. The van der Waals surface area contributed by atoms with E-state index >= 15 is 4.39 Å². The smallest absolute Gasteiger partial charge is 0.459 e. The number of carbonyl (C=O) groups excluding carboxylic acids is 1. The lowest BCUT2D eigenvalue weighted by Gasteiger charge is -2.29. The van der Waals surface area contributed by atoms with Crippen molar-refractivity contribution in [2.75, 3.05) is 6.61 Å². The molecule has 1 fully saturated rings. The fourth-order valence-electron chi connectivity index (χ4n) is 3.65. The van der Waals surface area contributed by atoms with Crippen molar-refractivity contribution in [1.82, 2.24) is 14.6 Å². The average molecular weight is 562 g/mol. The van der Waals surface area contributed by atoms with E-state index in [1.807, 2.05) is 0 Å². The lowest BCUT2D eigenvalue weighted by Crippen LogP contribution is -2.41. The number of esters is 1. The number of alkyl halides is 2. The van der Waals surface area contributed by atoms with Crippen LogP contribution in [0.2, 0.25) is 0 Å². The van der Waals surface area contributed by atoms with Crippen LogP contribution in [0.1, 0.15) is 40.8 Å². The van der Waals surface area contributed by atoms with Crippen molar-refractivity contribution in [3.05, 3.63) is 63.4 Å². The van der Waals surface area contributed by atoms with E-state index < -0.39 is 66.6 Å². The molecule has 1 saturated heterocycles. The van der Waals surface area contributed by atoms with Crippen molar-refractivity contribution in [1.29, 1.82) is 0 Å². The Balaban J connectivity index is 1.86. The van der Waals surface area contributed by atoms with Crippen LogP contribution in [0.15, 0.2) is 52.2 Å². The summed E-state index contributed by atoms with van der Waals surface area (Å²) in [6.45, 7) is 6.66. The molecule has 1 aliphatic rings. The number of para-hydroxylation sites is 1. The normalized spacial score (nSPS) is 28.0. The Labute approximate surface area is 217 Å². The van der Waals surface area contributed by atoms with Crippen molar-refractivity contribution in [3.8, 4) is 5.75 Å². The Kier molecular flexibility index (Phi) is 8.71. The second kappa shape index (κ2) is 11.1. The molecule has 2 aromatic rings. The van der Waals surface area contributed by atoms with Gasteiger partial charge in [0, 0.05) is 18.2 Å². The van der Waals surface area contributed by atoms with Gasteiger partial charge in [0.1, 0.15) is 18.4 Å². The minimum Gasteiger partial charge on any atom is -0.462 e. The minimum absolute atomic E-state index is 0.135. The fourth-order valence-corrected chi connectivity index (χ4v) is 5.46. The molecule has 3 rings (SSSR count). The first-order valence-electron chi connectivity index (χ1n) is 11.5. The largest absolute Gasteiger partial charge is 0.462 e.